The Hall–Kier alpha value is -3.90. The molecule has 0 radical (unpaired) electrons. The number of nitrogens with zero attached hydrogens (tertiary/aromatic N) is 4. The quantitative estimate of drug-likeness (QED) is 0.474. The van der Waals surface area contributed by atoms with E-state index in [0.29, 0.717) is 54.1 Å². The molecule has 38 heavy (non-hydrogen) atoms. The number of carbonyl (C=O) groups excluding carboxylic acids is 1. The number of fused-ring (bicyclic) bond motifs is 1. The van der Waals surface area contributed by atoms with E-state index in [-0.39, 0.29) is 24.7 Å². The highest BCUT2D eigenvalue weighted by molar-refractivity contribution is 5.74. The third kappa shape index (κ3) is 5.36. The minimum atomic E-state index is -0.0373. The molecule has 3 aromatic rings. The number of piperidine rings is 1. The van der Waals surface area contributed by atoms with Gasteiger partial charge in [0.2, 0.25) is 5.82 Å². The third-order valence-corrected chi connectivity index (χ3v) is 7.43. The van der Waals surface area contributed by atoms with Crippen LogP contribution < -0.4 is 10.1 Å². The van der Waals surface area contributed by atoms with Gasteiger partial charge in [0.1, 0.15) is 11.8 Å². The van der Waals surface area contributed by atoms with Crippen molar-refractivity contribution in [2.45, 2.75) is 51.6 Å². The smallest absolute Gasteiger partial charge is 0.317 e. The van der Waals surface area contributed by atoms with Gasteiger partial charge >= 0.3 is 6.03 Å². The predicted molar refractivity (Wildman–Crippen MR) is 141 cm³/mol. The van der Waals surface area contributed by atoms with Crippen LogP contribution in [-0.4, -0.2) is 58.5 Å². The maximum Gasteiger partial charge on any atom is 0.317 e. The Morgan fingerprint density at radius 2 is 2.08 bits per heavy atom. The van der Waals surface area contributed by atoms with E-state index < -0.39 is 0 Å². The molecule has 2 N–H and O–H groups in total. The molecule has 2 aliphatic rings. The number of rotatable bonds is 7. The Labute approximate surface area is 222 Å². The number of aromatic nitrogens is 2. The number of benzene rings is 2. The molecule has 1 aromatic heterocycles. The number of urea groups is 1. The van der Waals surface area contributed by atoms with Crippen LogP contribution in [0.4, 0.5) is 4.79 Å². The van der Waals surface area contributed by atoms with Crippen molar-refractivity contribution in [3.63, 3.8) is 0 Å². The van der Waals surface area contributed by atoms with Crippen molar-refractivity contribution in [3.05, 3.63) is 53.1 Å². The Kier molecular flexibility index (Phi) is 7.61. The zero-order valence-corrected chi connectivity index (χ0v) is 21.8. The van der Waals surface area contributed by atoms with Gasteiger partial charge in [-0.3, -0.25) is 0 Å². The van der Waals surface area contributed by atoms with E-state index in [1.165, 1.54) is 11.1 Å². The number of likely N-dealkylation sites (tertiary alicyclic amines) is 1. The fourth-order valence-electron chi connectivity index (χ4n) is 5.36. The number of nitrogens with one attached hydrogen (secondary N) is 1. The molecule has 198 valence electrons. The largest absolute Gasteiger partial charge is 0.490 e. The maximum absolute atomic E-state index is 12.7. The fraction of sp³-hybridized carbons (Fsp3) is 0.448. The van der Waals surface area contributed by atoms with Crippen molar-refractivity contribution in [3.8, 4) is 34.7 Å². The van der Waals surface area contributed by atoms with E-state index in [1.807, 2.05) is 36.9 Å². The Bertz CT molecular complexity index is 1340. The number of hydrogen-bond donors (Lipinski definition) is 2. The van der Waals surface area contributed by atoms with Crippen LogP contribution in [0.2, 0.25) is 0 Å². The number of nitriles is 1. The van der Waals surface area contributed by atoms with Crippen LogP contribution in [0.5, 0.6) is 5.75 Å². The van der Waals surface area contributed by atoms with Crippen LogP contribution in [0.25, 0.3) is 22.8 Å². The van der Waals surface area contributed by atoms with Crippen molar-refractivity contribution in [1.29, 1.82) is 5.26 Å². The fourth-order valence-corrected chi connectivity index (χ4v) is 5.36. The first-order chi connectivity index (χ1) is 18.5. The van der Waals surface area contributed by atoms with E-state index in [2.05, 4.69) is 27.6 Å². The lowest BCUT2D eigenvalue weighted by Gasteiger charge is -2.31. The molecule has 1 unspecified atom stereocenters. The summed E-state index contributed by atoms with van der Waals surface area (Å²) in [6.07, 6.45) is 3.47. The van der Waals surface area contributed by atoms with Crippen LogP contribution in [0.3, 0.4) is 0 Å². The van der Waals surface area contributed by atoms with Gasteiger partial charge in [-0.1, -0.05) is 23.4 Å². The normalized spacial score (nSPS) is 17.3. The first-order valence-electron chi connectivity index (χ1n) is 13.3. The zero-order valence-electron chi connectivity index (χ0n) is 21.8. The summed E-state index contributed by atoms with van der Waals surface area (Å²) in [5.74, 6) is 1.91. The number of carbonyl (C=O) groups is 1. The molecule has 1 atom stereocenters. The van der Waals surface area contributed by atoms with Crippen LogP contribution in [0.1, 0.15) is 55.7 Å². The second-order valence-electron chi connectivity index (χ2n) is 10.3. The first kappa shape index (κ1) is 25.7. The Morgan fingerprint density at radius 3 is 2.82 bits per heavy atom. The van der Waals surface area contributed by atoms with Crippen molar-refractivity contribution in [2.75, 3.05) is 26.2 Å². The monoisotopic (exact) mass is 515 g/mol. The molecular formula is C29H33N5O4. The van der Waals surface area contributed by atoms with Crippen LogP contribution in [0, 0.1) is 17.2 Å². The molecule has 2 amide bonds. The maximum atomic E-state index is 12.7. The molecule has 2 heterocycles. The van der Waals surface area contributed by atoms with Crippen molar-refractivity contribution >= 4 is 6.03 Å². The Balaban J connectivity index is 1.28. The van der Waals surface area contributed by atoms with Gasteiger partial charge in [0.15, 0.2) is 0 Å². The van der Waals surface area contributed by atoms with Crippen LogP contribution in [-0.2, 0) is 6.42 Å². The standard InChI is InChI=1S/C29H33N5O4/c1-18(2)37-26-9-7-20(14-22(26)15-30)28-32-27(33-38-28)25-5-3-4-23-21(6-8-24(23)25)16-31-29(36)34-12-10-19(17-35)11-13-34/h3-5,7,9,14,18-19,21,35H,6,8,10-13,16-17H2,1-2H3,(H,31,36). The van der Waals surface area contributed by atoms with E-state index in [1.54, 1.807) is 12.1 Å². The van der Waals surface area contributed by atoms with Crippen molar-refractivity contribution in [1.82, 2.24) is 20.4 Å². The Morgan fingerprint density at radius 1 is 1.26 bits per heavy atom. The average molecular weight is 516 g/mol. The predicted octanol–water partition coefficient (Wildman–Crippen LogP) is 4.51. The molecular weight excluding hydrogens is 482 g/mol. The molecule has 1 aliphatic heterocycles. The van der Waals surface area contributed by atoms with Gasteiger partial charge in [-0.25, -0.2) is 4.79 Å². The van der Waals surface area contributed by atoms with Gasteiger partial charge in [-0.15, -0.1) is 0 Å². The lowest BCUT2D eigenvalue weighted by Crippen LogP contribution is -2.45. The average Bonchev–Trinajstić information content (AvgIpc) is 3.59. The summed E-state index contributed by atoms with van der Waals surface area (Å²) in [7, 11) is 0. The third-order valence-electron chi connectivity index (χ3n) is 7.43. The van der Waals surface area contributed by atoms with Crippen molar-refractivity contribution < 1.29 is 19.2 Å². The topological polar surface area (TPSA) is 125 Å². The van der Waals surface area contributed by atoms with Crippen molar-refractivity contribution in [2.24, 2.45) is 5.92 Å². The highest BCUT2D eigenvalue weighted by Crippen LogP contribution is 2.38. The minimum Gasteiger partial charge on any atom is -0.490 e. The van der Waals surface area contributed by atoms with Gasteiger partial charge in [0.05, 0.1) is 11.7 Å². The zero-order chi connectivity index (χ0) is 26.6. The lowest BCUT2D eigenvalue weighted by atomic mass is 9.97. The number of ether oxygens (including phenoxy) is 1. The summed E-state index contributed by atoms with van der Waals surface area (Å²) >= 11 is 0. The second kappa shape index (κ2) is 11.2. The molecule has 1 fully saturated rings. The van der Waals surface area contributed by atoms with Crippen LogP contribution >= 0.6 is 0 Å². The van der Waals surface area contributed by atoms with E-state index >= 15 is 0 Å². The molecule has 1 aliphatic carbocycles. The van der Waals surface area contributed by atoms with Gasteiger partial charge in [0, 0.05) is 43.3 Å². The van der Waals surface area contributed by atoms with E-state index in [4.69, 9.17) is 9.26 Å². The summed E-state index contributed by atoms with van der Waals surface area (Å²) in [5.41, 5.74) is 4.39. The summed E-state index contributed by atoms with van der Waals surface area (Å²) in [6, 6.07) is 13.5. The number of aliphatic hydroxyl groups excluding tert-OH is 1. The highest BCUT2D eigenvalue weighted by Gasteiger charge is 2.28. The molecule has 0 saturated carbocycles. The summed E-state index contributed by atoms with van der Waals surface area (Å²) in [6.45, 7) is 5.97. The van der Waals surface area contributed by atoms with Gasteiger partial charge in [0.25, 0.3) is 5.89 Å². The summed E-state index contributed by atoms with van der Waals surface area (Å²) < 4.78 is 11.3. The molecule has 0 bridgehead atoms. The minimum absolute atomic E-state index is 0.0321. The summed E-state index contributed by atoms with van der Waals surface area (Å²) in [5, 5.41) is 26.2. The van der Waals surface area contributed by atoms with Gasteiger partial charge in [-0.05, 0) is 74.8 Å². The van der Waals surface area contributed by atoms with Crippen LogP contribution in [0.15, 0.2) is 40.9 Å². The number of amides is 2. The molecule has 2 aromatic carbocycles. The summed E-state index contributed by atoms with van der Waals surface area (Å²) in [4.78, 5) is 19.2. The molecule has 1 saturated heterocycles. The van der Waals surface area contributed by atoms with E-state index in [0.717, 1.165) is 31.2 Å². The van der Waals surface area contributed by atoms with Gasteiger partial charge < -0.3 is 24.6 Å². The number of aliphatic hydroxyl groups is 1. The molecule has 0 spiro atoms. The SMILES string of the molecule is CC(C)Oc1ccc(-c2nc(-c3cccc4c3CCC4CNC(=O)N3CCC(CO)CC3)no2)cc1C#N. The molecule has 9 heteroatoms. The molecule has 9 nitrogen and oxygen atoms in total. The van der Waals surface area contributed by atoms with E-state index in [9.17, 15) is 15.2 Å². The first-order valence-corrected chi connectivity index (χ1v) is 13.3. The number of hydrogen-bond acceptors (Lipinski definition) is 7. The lowest BCUT2D eigenvalue weighted by molar-refractivity contribution is 0.137. The highest BCUT2D eigenvalue weighted by atomic mass is 16.5. The molecule has 5 rings (SSSR count). The second-order valence-corrected chi connectivity index (χ2v) is 10.3. The van der Waals surface area contributed by atoms with Gasteiger partial charge in [-0.2, -0.15) is 10.2 Å².